The third kappa shape index (κ3) is 5.28. The van der Waals surface area contributed by atoms with Gasteiger partial charge < -0.3 is 4.90 Å². The van der Waals surface area contributed by atoms with Gasteiger partial charge in [0.25, 0.3) is 11.9 Å². The van der Waals surface area contributed by atoms with Gasteiger partial charge in [0.2, 0.25) is 0 Å². The van der Waals surface area contributed by atoms with E-state index >= 15 is 0 Å². The van der Waals surface area contributed by atoms with Crippen LogP contribution in [0.15, 0.2) is 43.0 Å². The normalized spacial score (nSPS) is 12.8. The molecule has 0 radical (unpaired) electrons. The predicted octanol–water partition coefficient (Wildman–Crippen LogP) is 3.93. The average Bonchev–Trinajstić information content (AvgIpc) is 3.26. The molecule has 13 heteroatoms. The lowest BCUT2D eigenvalue weighted by atomic mass is 10.0. The molecule has 2 aromatic heterocycles. The van der Waals surface area contributed by atoms with Crippen LogP contribution in [-0.4, -0.2) is 42.1 Å². The molecule has 172 valence electrons. The highest BCUT2D eigenvalue weighted by molar-refractivity contribution is 5.95. The Morgan fingerprint density at radius 2 is 1.64 bits per heavy atom. The minimum atomic E-state index is -5.10. The zero-order valence-corrected chi connectivity index (χ0v) is 16.8. The summed E-state index contributed by atoms with van der Waals surface area (Å²) in [6.07, 6.45) is -0.774. The molecule has 7 nitrogen and oxygen atoms in total. The summed E-state index contributed by atoms with van der Waals surface area (Å²) in [4.78, 5) is 25.9. The van der Waals surface area contributed by atoms with Gasteiger partial charge in [-0.3, -0.25) is 4.79 Å². The number of nitrogens with zero attached hydrogens (tertiary/aromatic N) is 6. The lowest BCUT2D eigenvalue weighted by Crippen LogP contribution is -2.35. The first-order valence-corrected chi connectivity index (χ1v) is 9.14. The molecule has 0 bridgehead atoms. The van der Waals surface area contributed by atoms with Crippen molar-refractivity contribution in [3.8, 4) is 18.3 Å². The monoisotopic (exact) mass is 468 g/mol. The Labute approximate surface area is 183 Å². The second kappa shape index (κ2) is 8.89. The number of amides is 1. The SMILES string of the molecule is C#CCN(C(=O)c1cc(C(F)(F)F)cc(C(F)(F)F)c1)C(C)c1ncn(-c2ncccn2)n1. The number of hydrogen-bond acceptors (Lipinski definition) is 5. The molecule has 0 fully saturated rings. The topological polar surface area (TPSA) is 76.8 Å². The van der Waals surface area contributed by atoms with Crippen molar-refractivity contribution in [2.45, 2.75) is 25.3 Å². The highest BCUT2D eigenvalue weighted by atomic mass is 19.4. The van der Waals surface area contributed by atoms with Crippen molar-refractivity contribution in [2.75, 3.05) is 6.54 Å². The van der Waals surface area contributed by atoms with E-state index in [9.17, 15) is 31.1 Å². The Hall–Kier alpha value is -3.95. The number of terminal acetylenes is 1. The van der Waals surface area contributed by atoms with E-state index in [1.807, 2.05) is 0 Å². The van der Waals surface area contributed by atoms with E-state index in [2.05, 4.69) is 26.0 Å². The molecular formula is C20H14F6N6O. The summed E-state index contributed by atoms with van der Waals surface area (Å²) in [5.41, 5.74) is -4.06. The van der Waals surface area contributed by atoms with Crippen LogP contribution in [0.25, 0.3) is 5.95 Å². The van der Waals surface area contributed by atoms with Crippen molar-refractivity contribution in [2.24, 2.45) is 0 Å². The summed E-state index contributed by atoms with van der Waals surface area (Å²) >= 11 is 0. The number of hydrogen-bond donors (Lipinski definition) is 0. The van der Waals surface area contributed by atoms with Crippen molar-refractivity contribution < 1.29 is 31.1 Å². The number of benzene rings is 1. The third-order valence-corrected chi connectivity index (χ3v) is 4.46. The van der Waals surface area contributed by atoms with E-state index in [-0.39, 0.29) is 17.8 Å². The summed E-state index contributed by atoms with van der Waals surface area (Å²) in [5, 5.41) is 4.13. The second-order valence-corrected chi connectivity index (χ2v) is 6.70. The van der Waals surface area contributed by atoms with Crippen molar-refractivity contribution in [3.63, 3.8) is 0 Å². The van der Waals surface area contributed by atoms with Crippen LogP contribution in [0.1, 0.15) is 40.3 Å². The molecule has 3 rings (SSSR count). The molecule has 1 amide bonds. The van der Waals surface area contributed by atoms with Gasteiger partial charge in [-0.1, -0.05) is 5.92 Å². The molecular weight excluding hydrogens is 454 g/mol. The highest BCUT2D eigenvalue weighted by Gasteiger charge is 2.38. The van der Waals surface area contributed by atoms with Gasteiger partial charge in [-0.25, -0.2) is 15.0 Å². The third-order valence-electron chi connectivity index (χ3n) is 4.46. The standard InChI is InChI=1S/C20H14F6N6O/c1-3-7-31(12(2)16-29-11-32(30-16)18-27-5-4-6-28-18)17(33)13-8-14(19(21,22)23)10-15(9-13)20(24,25)26/h1,4-6,8-12H,7H2,2H3. The Morgan fingerprint density at radius 3 is 2.15 bits per heavy atom. The second-order valence-electron chi connectivity index (χ2n) is 6.70. The number of carbonyl (C=O) groups is 1. The zero-order valence-electron chi connectivity index (χ0n) is 16.8. The van der Waals surface area contributed by atoms with E-state index < -0.39 is 47.5 Å². The van der Waals surface area contributed by atoms with E-state index in [1.54, 1.807) is 6.07 Å². The Morgan fingerprint density at radius 1 is 1.06 bits per heavy atom. The number of aromatic nitrogens is 5. The molecule has 33 heavy (non-hydrogen) atoms. The quantitative estimate of drug-likeness (QED) is 0.419. The van der Waals surface area contributed by atoms with Crippen molar-refractivity contribution in [1.82, 2.24) is 29.6 Å². The van der Waals surface area contributed by atoms with Gasteiger partial charge in [-0.2, -0.15) is 31.0 Å². The van der Waals surface area contributed by atoms with Crippen LogP contribution < -0.4 is 0 Å². The molecule has 0 aliphatic rings. The van der Waals surface area contributed by atoms with Crippen molar-refractivity contribution in [1.29, 1.82) is 0 Å². The van der Waals surface area contributed by atoms with E-state index in [1.165, 1.54) is 30.3 Å². The highest BCUT2D eigenvalue weighted by Crippen LogP contribution is 2.37. The molecule has 0 saturated carbocycles. The maximum Gasteiger partial charge on any atom is 0.416 e. The molecule has 1 aromatic carbocycles. The minimum Gasteiger partial charge on any atom is -0.317 e. The van der Waals surface area contributed by atoms with Crippen molar-refractivity contribution >= 4 is 5.91 Å². The molecule has 3 aromatic rings. The fraction of sp³-hybridized carbons (Fsp3) is 0.250. The average molecular weight is 468 g/mol. The largest absolute Gasteiger partial charge is 0.416 e. The first-order valence-electron chi connectivity index (χ1n) is 9.14. The van der Waals surface area contributed by atoms with Gasteiger partial charge in [0, 0.05) is 18.0 Å². The Bertz CT molecular complexity index is 1150. The zero-order chi connectivity index (χ0) is 24.4. The van der Waals surface area contributed by atoms with Crippen LogP contribution in [0.4, 0.5) is 26.3 Å². The van der Waals surface area contributed by atoms with Crippen LogP contribution in [0.3, 0.4) is 0 Å². The van der Waals surface area contributed by atoms with Crippen LogP contribution in [0.2, 0.25) is 0 Å². The first-order chi connectivity index (χ1) is 15.4. The number of halogens is 6. The summed E-state index contributed by atoms with van der Waals surface area (Å²) < 4.78 is 80.3. The maximum absolute atomic E-state index is 13.2. The molecule has 0 aliphatic heterocycles. The summed E-state index contributed by atoms with van der Waals surface area (Å²) in [7, 11) is 0. The predicted molar refractivity (Wildman–Crippen MR) is 102 cm³/mol. The molecule has 0 N–H and O–H groups in total. The Kier molecular flexibility index (Phi) is 6.39. The van der Waals surface area contributed by atoms with Gasteiger partial charge in [0.05, 0.1) is 23.7 Å². The fourth-order valence-electron chi connectivity index (χ4n) is 2.84. The Balaban J connectivity index is 2.00. The minimum absolute atomic E-state index is 0.0223. The van der Waals surface area contributed by atoms with Gasteiger partial charge in [0.15, 0.2) is 5.82 Å². The van der Waals surface area contributed by atoms with E-state index in [0.29, 0.717) is 12.1 Å². The fourth-order valence-corrected chi connectivity index (χ4v) is 2.84. The van der Waals surface area contributed by atoms with Gasteiger partial charge in [-0.05, 0) is 31.2 Å². The smallest absolute Gasteiger partial charge is 0.317 e. The van der Waals surface area contributed by atoms with Gasteiger partial charge in [-0.15, -0.1) is 11.5 Å². The lowest BCUT2D eigenvalue weighted by molar-refractivity contribution is -0.143. The van der Waals surface area contributed by atoms with Crippen molar-refractivity contribution in [3.05, 3.63) is 65.5 Å². The molecule has 0 spiro atoms. The molecule has 0 aliphatic carbocycles. The first kappa shape index (κ1) is 23.7. The van der Waals surface area contributed by atoms with Crippen LogP contribution in [0.5, 0.6) is 0 Å². The lowest BCUT2D eigenvalue weighted by Gasteiger charge is -2.26. The summed E-state index contributed by atoms with van der Waals surface area (Å²) in [6, 6.07) is 1.20. The number of carbonyl (C=O) groups excluding carboxylic acids is 1. The number of alkyl halides is 6. The molecule has 2 heterocycles. The number of rotatable bonds is 5. The van der Waals surface area contributed by atoms with E-state index in [4.69, 9.17) is 6.42 Å². The van der Waals surface area contributed by atoms with Crippen LogP contribution in [0, 0.1) is 12.3 Å². The maximum atomic E-state index is 13.2. The summed E-state index contributed by atoms with van der Waals surface area (Å²) in [5.74, 6) is 1.20. The molecule has 1 atom stereocenters. The van der Waals surface area contributed by atoms with Crippen LogP contribution >= 0.6 is 0 Å². The van der Waals surface area contributed by atoms with Gasteiger partial charge in [0.1, 0.15) is 6.33 Å². The summed E-state index contributed by atoms with van der Waals surface area (Å²) in [6.45, 7) is 1.01. The van der Waals surface area contributed by atoms with E-state index in [0.717, 1.165) is 4.90 Å². The van der Waals surface area contributed by atoms with Crippen LogP contribution in [-0.2, 0) is 12.4 Å². The van der Waals surface area contributed by atoms with Gasteiger partial charge >= 0.3 is 12.4 Å². The molecule has 1 unspecified atom stereocenters. The molecule has 0 saturated heterocycles.